The highest BCUT2D eigenvalue weighted by Crippen LogP contribution is 2.21. The van der Waals surface area contributed by atoms with Crippen LogP contribution in [0.3, 0.4) is 0 Å². The van der Waals surface area contributed by atoms with Crippen molar-refractivity contribution in [3.05, 3.63) is 0 Å². The van der Waals surface area contributed by atoms with E-state index in [1.54, 1.807) is 7.05 Å². The van der Waals surface area contributed by atoms with Crippen molar-refractivity contribution < 1.29 is 9.53 Å². The van der Waals surface area contributed by atoms with Gasteiger partial charge in [-0.1, -0.05) is 6.92 Å². The fourth-order valence-electron chi connectivity index (χ4n) is 1.07. The van der Waals surface area contributed by atoms with Crippen molar-refractivity contribution in [3.63, 3.8) is 0 Å². The zero-order valence-corrected chi connectivity index (χ0v) is 8.93. The highest BCUT2D eigenvalue weighted by Gasteiger charge is 2.20. The van der Waals surface area contributed by atoms with E-state index in [-0.39, 0.29) is 0 Å². The molecule has 0 N–H and O–H groups in total. The van der Waals surface area contributed by atoms with Crippen LogP contribution in [0.25, 0.3) is 0 Å². The summed E-state index contributed by atoms with van der Waals surface area (Å²) < 4.78 is 4.53. The molecule has 74 valence electrons. The average molecular weight is 202 g/mol. The summed E-state index contributed by atoms with van der Waals surface area (Å²) in [5, 5.41) is 5.43. The Kier molecular flexibility index (Phi) is 3.59. The SMILES string of the molecule is COC(=O)N(C)/N=C1/CSCC1C. The van der Waals surface area contributed by atoms with E-state index in [2.05, 4.69) is 16.8 Å². The number of ether oxygens (including phenoxy) is 1. The van der Waals surface area contributed by atoms with Gasteiger partial charge in [-0.05, 0) is 0 Å². The molecule has 0 aromatic heterocycles. The predicted octanol–water partition coefficient (Wildman–Crippen LogP) is 1.42. The third kappa shape index (κ3) is 2.62. The highest BCUT2D eigenvalue weighted by atomic mass is 32.2. The molecule has 1 amide bonds. The van der Waals surface area contributed by atoms with Gasteiger partial charge in [-0.2, -0.15) is 16.9 Å². The molecule has 5 heteroatoms. The minimum atomic E-state index is -0.420. The van der Waals surface area contributed by atoms with Gasteiger partial charge < -0.3 is 4.74 Å². The topological polar surface area (TPSA) is 41.9 Å². The Bertz CT molecular complexity index is 230. The zero-order chi connectivity index (χ0) is 9.84. The molecule has 0 radical (unpaired) electrons. The van der Waals surface area contributed by atoms with Crippen molar-refractivity contribution in [2.24, 2.45) is 11.0 Å². The molecule has 1 aliphatic rings. The Labute approximate surface area is 82.3 Å². The van der Waals surface area contributed by atoms with Gasteiger partial charge in [-0.25, -0.2) is 9.80 Å². The van der Waals surface area contributed by atoms with Crippen LogP contribution in [0.2, 0.25) is 0 Å². The first-order valence-electron chi connectivity index (χ1n) is 4.12. The first-order chi connectivity index (χ1) is 6.15. The van der Waals surface area contributed by atoms with Gasteiger partial charge in [-0.3, -0.25) is 0 Å². The van der Waals surface area contributed by atoms with Crippen molar-refractivity contribution in [1.82, 2.24) is 5.01 Å². The number of nitrogens with zero attached hydrogens (tertiary/aromatic N) is 2. The average Bonchev–Trinajstić information content (AvgIpc) is 2.50. The van der Waals surface area contributed by atoms with Crippen LogP contribution in [0.15, 0.2) is 5.10 Å². The summed E-state index contributed by atoms with van der Waals surface area (Å²) in [5.41, 5.74) is 1.07. The molecule has 1 unspecified atom stereocenters. The van der Waals surface area contributed by atoms with Crippen LogP contribution in [-0.2, 0) is 4.74 Å². The fraction of sp³-hybridized carbons (Fsp3) is 0.750. The Morgan fingerprint density at radius 3 is 2.92 bits per heavy atom. The summed E-state index contributed by atoms with van der Waals surface area (Å²) in [4.78, 5) is 11.0. The molecule has 0 aromatic carbocycles. The molecule has 1 saturated heterocycles. The molecule has 0 spiro atoms. The van der Waals surface area contributed by atoms with Crippen molar-refractivity contribution in [3.8, 4) is 0 Å². The molecule has 0 saturated carbocycles. The molecule has 1 rings (SSSR count). The monoisotopic (exact) mass is 202 g/mol. The van der Waals surface area contributed by atoms with E-state index in [0.29, 0.717) is 5.92 Å². The lowest BCUT2D eigenvalue weighted by atomic mass is 10.1. The van der Waals surface area contributed by atoms with Crippen molar-refractivity contribution in [1.29, 1.82) is 0 Å². The Morgan fingerprint density at radius 1 is 1.77 bits per heavy atom. The molecule has 1 atom stereocenters. The van der Waals surface area contributed by atoms with Gasteiger partial charge >= 0.3 is 6.09 Å². The normalized spacial score (nSPS) is 24.8. The van der Waals surface area contributed by atoms with Crippen molar-refractivity contribution in [2.45, 2.75) is 6.92 Å². The van der Waals surface area contributed by atoms with Gasteiger partial charge in [-0.15, -0.1) is 0 Å². The maximum absolute atomic E-state index is 11.0. The molecule has 13 heavy (non-hydrogen) atoms. The first kappa shape index (κ1) is 10.4. The van der Waals surface area contributed by atoms with E-state index >= 15 is 0 Å². The van der Waals surface area contributed by atoms with Crippen LogP contribution in [0.1, 0.15) is 6.92 Å². The largest absolute Gasteiger partial charge is 0.451 e. The first-order valence-corrected chi connectivity index (χ1v) is 5.27. The van der Waals surface area contributed by atoms with Gasteiger partial charge in [0.2, 0.25) is 0 Å². The molecule has 0 aromatic rings. The summed E-state index contributed by atoms with van der Waals surface area (Å²) in [6, 6.07) is 0. The number of hydrogen-bond acceptors (Lipinski definition) is 4. The molecule has 0 aliphatic carbocycles. The van der Waals surface area contributed by atoms with Crippen LogP contribution in [0.5, 0.6) is 0 Å². The quantitative estimate of drug-likeness (QED) is 0.604. The smallest absolute Gasteiger partial charge is 0.429 e. The number of carbonyl (C=O) groups excluding carboxylic acids is 1. The van der Waals surface area contributed by atoms with E-state index in [9.17, 15) is 4.79 Å². The van der Waals surface area contributed by atoms with Crippen LogP contribution in [0.4, 0.5) is 4.79 Å². The molecule has 1 aliphatic heterocycles. The van der Waals surface area contributed by atoms with E-state index in [1.807, 2.05) is 11.8 Å². The molecular formula is C8H14N2O2S. The summed E-state index contributed by atoms with van der Waals surface area (Å²) in [7, 11) is 2.96. The Morgan fingerprint density at radius 2 is 2.46 bits per heavy atom. The lowest BCUT2D eigenvalue weighted by molar-refractivity contribution is 0.134. The molecule has 1 fully saturated rings. The maximum atomic E-state index is 11.0. The van der Waals surface area contributed by atoms with Crippen LogP contribution in [-0.4, -0.2) is 42.5 Å². The zero-order valence-electron chi connectivity index (χ0n) is 8.11. The Hall–Kier alpha value is -0.710. The third-order valence-electron chi connectivity index (χ3n) is 1.90. The number of rotatable bonds is 1. The maximum Gasteiger partial charge on any atom is 0.429 e. The van der Waals surface area contributed by atoms with Crippen molar-refractivity contribution in [2.75, 3.05) is 25.7 Å². The molecule has 1 heterocycles. The lowest BCUT2D eigenvalue weighted by Crippen LogP contribution is -2.24. The van der Waals surface area contributed by atoms with Gasteiger partial charge in [0.1, 0.15) is 0 Å². The van der Waals surface area contributed by atoms with Gasteiger partial charge in [0, 0.05) is 24.5 Å². The summed E-state index contributed by atoms with van der Waals surface area (Å²) in [6.07, 6.45) is -0.420. The van der Waals surface area contributed by atoms with E-state index < -0.39 is 6.09 Å². The second-order valence-electron chi connectivity index (χ2n) is 3.00. The molecule has 0 bridgehead atoms. The number of hydrazone groups is 1. The van der Waals surface area contributed by atoms with E-state index in [0.717, 1.165) is 17.2 Å². The third-order valence-corrected chi connectivity index (χ3v) is 3.14. The van der Waals surface area contributed by atoms with Crippen LogP contribution in [0, 0.1) is 5.92 Å². The lowest BCUT2D eigenvalue weighted by Gasteiger charge is -2.11. The Balaban J connectivity index is 2.58. The van der Waals surface area contributed by atoms with Crippen molar-refractivity contribution >= 4 is 23.6 Å². The number of hydrogen-bond donors (Lipinski definition) is 0. The van der Waals surface area contributed by atoms with E-state index in [4.69, 9.17) is 0 Å². The standard InChI is InChI=1S/C8H14N2O2S/c1-6-4-13-5-7(6)9-10(2)8(11)12-3/h6H,4-5H2,1-3H3/b9-7-. The second kappa shape index (κ2) is 4.50. The minimum Gasteiger partial charge on any atom is -0.451 e. The van der Waals surface area contributed by atoms with Gasteiger partial charge in [0.25, 0.3) is 0 Å². The fourth-order valence-corrected chi connectivity index (χ4v) is 2.29. The van der Waals surface area contributed by atoms with Crippen LogP contribution >= 0.6 is 11.8 Å². The summed E-state index contributed by atoms with van der Waals surface area (Å²) in [5.74, 6) is 2.48. The highest BCUT2D eigenvalue weighted by molar-refractivity contribution is 8.00. The molecule has 4 nitrogen and oxygen atoms in total. The predicted molar refractivity (Wildman–Crippen MR) is 54.1 cm³/mol. The second-order valence-corrected chi connectivity index (χ2v) is 4.03. The van der Waals surface area contributed by atoms with E-state index in [1.165, 1.54) is 12.1 Å². The van der Waals surface area contributed by atoms with Gasteiger partial charge in [0.15, 0.2) is 0 Å². The summed E-state index contributed by atoms with van der Waals surface area (Å²) >= 11 is 1.84. The number of methoxy groups -OCH3 is 1. The number of carbonyl (C=O) groups is 1. The number of thioether (sulfide) groups is 1. The van der Waals surface area contributed by atoms with Crippen LogP contribution < -0.4 is 0 Å². The van der Waals surface area contributed by atoms with Gasteiger partial charge in [0.05, 0.1) is 12.8 Å². The molecular weight excluding hydrogens is 188 g/mol. The number of amides is 1. The summed E-state index contributed by atoms with van der Waals surface area (Å²) in [6.45, 7) is 2.12. The minimum absolute atomic E-state index is 0.420.